The van der Waals surface area contributed by atoms with E-state index in [0.29, 0.717) is 18.7 Å². The fraction of sp³-hybridized carbons (Fsp3) is 0.778. The van der Waals surface area contributed by atoms with Crippen molar-refractivity contribution in [2.24, 2.45) is 4.99 Å². The standard InChI is InChI=1S/C18H33N5O2/c1-5-15-12-17(25-22-15)13-20-18(19-4)21-16-6-8-23(9-7-16)10-11-24-14(2)3/h12,14,16H,5-11,13H2,1-4H3,(H2,19,20,21). The predicted molar refractivity (Wildman–Crippen MR) is 99.8 cm³/mol. The molecule has 1 fully saturated rings. The molecule has 0 spiro atoms. The van der Waals surface area contributed by atoms with E-state index in [9.17, 15) is 0 Å². The molecule has 2 rings (SSSR count). The highest BCUT2D eigenvalue weighted by Crippen LogP contribution is 2.10. The molecule has 25 heavy (non-hydrogen) atoms. The Morgan fingerprint density at radius 2 is 2.20 bits per heavy atom. The smallest absolute Gasteiger partial charge is 0.191 e. The summed E-state index contributed by atoms with van der Waals surface area (Å²) in [6, 6.07) is 2.44. The molecule has 2 N–H and O–H groups in total. The van der Waals surface area contributed by atoms with E-state index in [0.717, 1.165) is 62.9 Å². The van der Waals surface area contributed by atoms with Crippen molar-refractivity contribution in [2.75, 3.05) is 33.3 Å². The molecule has 1 saturated heterocycles. The van der Waals surface area contributed by atoms with Crippen LogP contribution < -0.4 is 10.6 Å². The van der Waals surface area contributed by atoms with Crippen molar-refractivity contribution in [1.82, 2.24) is 20.7 Å². The molecule has 0 radical (unpaired) electrons. The number of hydrogen-bond donors (Lipinski definition) is 2. The van der Waals surface area contributed by atoms with Crippen molar-refractivity contribution in [3.05, 3.63) is 17.5 Å². The van der Waals surface area contributed by atoms with Gasteiger partial charge in [-0.1, -0.05) is 12.1 Å². The molecule has 7 heteroatoms. The van der Waals surface area contributed by atoms with Crippen LogP contribution in [0.15, 0.2) is 15.6 Å². The van der Waals surface area contributed by atoms with Gasteiger partial charge in [0.25, 0.3) is 0 Å². The molecule has 1 aromatic rings. The minimum absolute atomic E-state index is 0.311. The quantitative estimate of drug-likeness (QED) is 0.549. The normalized spacial score (nSPS) is 17.2. The number of aryl methyl sites for hydroxylation is 1. The van der Waals surface area contributed by atoms with Crippen molar-refractivity contribution in [3.8, 4) is 0 Å². The van der Waals surface area contributed by atoms with Crippen LogP contribution in [0.1, 0.15) is 45.1 Å². The third-order valence-corrected chi connectivity index (χ3v) is 4.41. The van der Waals surface area contributed by atoms with Crippen LogP contribution in [-0.2, 0) is 17.7 Å². The summed E-state index contributed by atoms with van der Waals surface area (Å²) < 4.78 is 10.9. The lowest BCUT2D eigenvalue weighted by Gasteiger charge is -2.33. The van der Waals surface area contributed by atoms with Crippen molar-refractivity contribution in [2.45, 2.75) is 58.7 Å². The molecule has 0 unspecified atom stereocenters. The summed E-state index contributed by atoms with van der Waals surface area (Å²) >= 11 is 0. The second-order valence-corrected chi connectivity index (χ2v) is 6.74. The van der Waals surface area contributed by atoms with Crippen molar-refractivity contribution in [3.63, 3.8) is 0 Å². The summed E-state index contributed by atoms with van der Waals surface area (Å²) in [5.41, 5.74) is 0.980. The van der Waals surface area contributed by atoms with E-state index in [2.05, 4.69) is 46.5 Å². The summed E-state index contributed by atoms with van der Waals surface area (Å²) in [4.78, 5) is 6.78. The lowest BCUT2D eigenvalue weighted by molar-refractivity contribution is 0.0532. The first-order valence-corrected chi connectivity index (χ1v) is 9.36. The molecule has 0 bridgehead atoms. The number of ether oxygens (including phenoxy) is 1. The van der Waals surface area contributed by atoms with Gasteiger partial charge in [0, 0.05) is 38.8 Å². The Balaban J connectivity index is 1.66. The fourth-order valence-corrected chi connectivity index (χ4v) is 2.88. The lowest BCUT2D eigenvalue weighted by atomic mass is 10.1. The van der Waals surface area contributed by atoms with Gasteiger partial charge < -0.3 is 24.8 Å². The molecule has 0 amide bonds. The van der Waals surface area contributed by atoms with Crippen LogP contribution in [0.25, 0.3) is 0 Å². The molecule has 1 aliphatic heterocycles. The zero-order chi connectivity index (χ0) is 18.1. The second kappa shape index (κ2) is 10.4. The number of aromatic nitrogens is 1. The van der Waals surface area contributed by atoms with E-state index in [1.165, 1.54) is 0 Å². The Labute approximate surface area is 151 Å². The summed E-state index contributed by atoms with van der Waals surface area (Å²) in [7, 11) is 1.80. The predicted octanol–water partition coefficient (Wildman–Crippen LogP) is 1.79. The number of nitrogens with zero attached hydrogens (tertiary/aromatic N) is 3. The minimum Gasteiger partial charge on any atom is -0.377 e. The summed E-state index contributed by atoms with van der Waals surface area (Å²) in [6.07, 6.45) is 3.43. The highest BCUT2D eigenvalue weighted by Gasteiger charge is 2.19. The highest BCUT2D eigenvalue weighted by molar-refractivity contribution is 5.79. The third kappa shape index (κ3) is 7.04. The van der Waals surface area contributed by atoms with Gasteiger partial charge in [-0.15, -0.1) is 0 Å². The number of nitrogens with one attached hydrogen (secondary N) is 2. The fourth-order valence-electron chi connectivity index (χ4n) is 2.88. The average molecular weight is 351 g/mol. The Kier molecular flexibility index (Phi) is 8.21. The van der Waals surface area contributed by atoms with E-state index < -0.39 is 0 Å². The van der Waals surface area contributed by atoms with Crippen LogP contribution in [0.3, 0.4) is 0 Å². The number of rotatable bonds is 8. The van der Waals surface area contributed by atoms with E-state index in [1.807, 2.05) is 6.07 Å². The van der Waals surface area contributed by atoms with Crippen LogP contribution in [0.2, 0.25) is 0 Å². The lowest BCUT2D eigenvalue weighted by Crippen LogP contribution is -2.48. The van der Waals surface area contributed by atoms with Gasteiger partial charge in [0.15, 0.2) is 11.7 Å². The largest absolute Gasteiger partial charge is 0.377 e. The minimum atomic E-state index is 0.311. The van der Waals surface area contributed by atoms with Gasteiger partial charge in [0.2, 0.25) is 0 Å². The Bertz CT molecular complexity index is 521. The topological polar surface area (TPSA) is 74.9 Å². The molecule has 0 saturated carbocycles. The maximum atomic E-state index is 5.64. The second-order valence-electron chi connectivity index (χ2n) is 6.74. The van der Waals surface area contributed by atoms with E-state index in [-0.39, 0.29) is 0 Å². The third-order valence-electron chi connectivity index (χ3n) is 4.41. The van der Waals surface area contributed by atoms with Crippen molar-refractivity contribution < 1.29 is 9.26 Å². The average Bonchev–Trinajstić information content (AvgIpc) is 3.07. The molecule has 2 heterocycles. The van der Waals surface area contributed by atoms with Crippen LogP contribution in [0.4, 0.5) is 0 Å². The number of likely N-dealkylation sites (tertiary alicyclic amines) is 1. The van der Waals surface area contributed by atoms with Gasteiger partial charge in [-0.25, -0.2) is 0 Å². The summed E-state index contributed by atoms with van der Waals surface area (Å²) in [5.74, 6) is 1.65. The molecule has 142 valence electrons. The number of aliphatic imine (C=N–C) groups is 1. The first kappa shape index (κ1) is 19.7. The Morgan fingerprint density at radius 1 is 1.44 bits per heavy atom. The first-order chi connectivity index (χ1) is 12.1. The molecule has 1 aromatic heterocycles. The van der Waals surface area contributed by atoms with Crippen LogP contribution in [-0.4, -0.2) is 61.5 Å². The highest BCUT2D eigenvalue weighted by atomic mass is 16.5. The van der Waals surface area contributed by atoms with Gasteiger partial charge >= 0.3 is 0 Å². The van der Waals surface area contributed by atoms with Crippen LogP contribution in [0.5, 0.6) is 0 Å². The molecule has 0 aliphatic carbocycles. The summed E-state index contributed by atoms with van der Waals surface area (Å²) in [6.45, 7) is 10.8. The van der Waals surface area contributed by atoms with E-state index in [1.54, 1.807) is 7.05 Å². The molecular formula is C18H33N5O2. The number of guanidine groups is 1. The molecular weight excluding hydrogens is 318 g/mol. The zero-order valence-electron chi connectivity index (χ0n) is 16.0. The zero-order valence-corrected chi connectivity index (χ0v) is 16.0. The van der Waals surface area contributed by atoms with Gasteiger partial charge in [0.1, 0.15) is 0 Å². The van der Waals surface area contributed by atoms with Crippen LogP contribution in [0, 0.1) is 0 Å². The molecule has 0 aromatic carbocycles. The van der Waals surface area contributed by atoms with Gasteiger partial charge in [-0.3, -0.25) is 4.99 Å². The van der Waals surface area contributed by atoms with Gasteiger partial charge in [-0.05, 0) is 33.1 Å². The molecule has 0 atom stereocenters. The number of piperidine rings is 1. The monoisotopic (exact) mass is 351 g/mol. The molecule has 7 nitrogen and oxygen atoms in total. The Morgan fingerprint density at radius 3 is 2.80 bits per heavy atom. The molecule has 1 aliphatic rings. The van der Waals surface area contributed by atoms with Gasteiger partial charge in [-0.2, -0.15) is 0 Å². The maximum Gasteiger partial charge on any atom is 0.191 e. The Hall–Kier alpha value is -1.60. The number of hydrogen-bond acceptors (Lipinski definition) is 5. The van der Waals surface area contributed by atoms with Crippen molar-refractivity contribution >= 4 is 5.96 Å². The maximum absolute atomic E-state index is 5.64. The van der Waals surface area contributed by atoms with E-state index in [4.69, 9.17) is 9.26 Å². The van der Waals surface area contributed by atoms with Crippen molar-refractivity contribution in [1.29, 1.82) is 0 Å². The van der Waals surface area contributed by atoms with Gasteiger partial charge in [0.05, 0.1) is 24.9 Å². The first-order valence-electron chi connectivity index (χ1n) is 9.36. The van der Waals surface area contributed by atoms with E-state index >= 15 is 0 Å². The SMILES string of the molecule is CCc1cc(CNC(=NC)NC2CCN(CCOC(C)C)CC2)on1. The summed E-state index contributed by atoms with van der Waals surface area (Å²) in [5, 5.41) is 10.8. The van der Waals surface area contributed by atoms with Crippen LogP contribution >= 0.6 is 0 Å².